The fourth-order valence-electron chi connectivity index (χ4n) is 1.48. The molecule has 0 bridgehead atoms. The van der Waals surface area contributed by atoms with Gasteiger partial charge in [-0.15, -0.1) is 0 Å². The maximum atomic E-state index is 10.2. The van der Waals surface area contributed by atoms with Crippen molar-refractivity contribution in [2.75, 3.05) is 0 Å². The molecule has 0 aliphatic carbocycles. The van der Waals surface area contributed by atoms with Gasteiger partial charge in [-0.2, -0.15) is 0 Å². The van der Waals surface area contributed by atoms with Crippen molar-refractivity contribution < 1.29 is 9.90 Å². The highest BCUT2D eigenvalue weighted by molar-refractivity contribution is 5.50. The minimum absolute atomic E-state index is 0.233. The van der Waals surface area contributed by atoms with Crippen LogP contribution in [0.1, 0.15) is 46.5 Å². The van der Waals surface area contributed by atoms with Crippen molar-refractivity contribution in [2.45, 2.75) is 52.6 Å². The highest BCUT2D eigenvalue weighted by Gasteiger charge is 2.19. The lowest BCUT2D eigenvalue weighted by Gasteiger charge is -2.23. The van der Waals surface area contributed by atoms with E-state index in [0.29, 0.717) is 5.92 Å². The maximum Gasteiger partial charge on any atom is 0.122 e. The summed E-state index contributed by atoms with van der Waals surface area (Å²) in [4.78, 5) is 10.2. The number of carbonyl (C=O) groups excluding carboxylic acids is 1. The first-order valence-corrected chi connectivity index (χ1v) is 5.25. The van der Waals surface area contributed by atoms with Crippen molar-refractivity contribution in [2.24, 2.45) is 11.8 Å². The number of hydrogen-bond acceptors (Lipinski definition) is 2. The molecule has 78 valence electrons. The van der Waals surface area contributed by atoms with Crippen molar-refractivity contribution in [3.8, 4) is 0 Å². The van der Waals surface area contributed by atoms with Gasteiger partial charge < -0.3 is 9.90 Å². The van der Waals surface area contributed by atoms with Gasteiger partial charge >= 0.3 is 0 Å². The zero-order valence-corrected chi connectivity index (χ0v) is 8.99. The van der Waals surface area contributed by atoms with E-state index in [0.717, 1.165) is 12.7 Å². The van der Waals surface area contributed by atoms with E-state index in [-0.39, 0.29) is 12.3 Å². The molecule has 0 amide bonds. The molecule has 3 unspecified atom stereocenters. The Labute approximate surface area is 81.3 Å². The van der Waals surface area contributed by atoms with Gasteiger partial charge in [-0.1, -0.05) is 40.0 Å². The molecule has 0 spiro atoms. The van der Waals surface area contributed by atoms with Crippen LogP contribution in [-0.2, 0) is 4.79 Å². The number of rotatable bonds is 7. The smallest absolute Gasteiger partial charge is 0.122 e. The Balaban J connectivity index is 3.78. The molecule has 0 saturated carbocycles. The quantitative estimate of drug-likeness (QED) is 0.620. The Bertz CT molecular complexity index is 134. The first kappa shape index (κ1) is 12.6. The molecule has 3 atom stereocenters. The number of unbranched alkanes of at least 4 members (excludes halogenated alkanes) is 1. The molecule has 0 aliphatic rings. The monoisotopic (exact) mass is 186 g/mol. The molecule has 0 rings (SSSR count). The SMILES string of the molecule is CCCCC(C)C(C)C(O)CC=O. The first-order valence-electron chi connectivity index (χ1n) is 5.25. The van der Waals surface area contributed by atoms with Crippen molar-refractivity contribution in [3.05, 3.63) is 0 Å². The van der Waals surface area contributed by atoms with Crippen molar-refractivity contribution in [1.82, 2.24) is 0 Å². The molecule has 0 radical (unpaired) electrons. The fraction of sp³-hybridized carbons (Fsp3) is 0.909. The number of carbonyl (C=O) groups is 1. The summed E-state index contributed by atoms with van der Waals surface area (Å²) in [5.41, 5.74) is 0. The molecule has 0 aromatic heterocycles. The van der Waals surface area contributed by atoms with Gasteiger partial charge in [0.1, 0.15) is 6.29 Å². The zero-order chi connectivity index (χ0) is 10.3. The number of aliphatic hydroxyl groups excluding tert-OH is 1. The van der Waals surface area contributed by atoms with E-state index in [4.69, 9.17) is 0 Å². The third-order valence-electron chi connectivity index (χ3n) is 2.86. The summed E-state index contributed by atoms with van der Waals surface area (Å²) in [6.07, 6.45) is 4.17. The third-order valence-corrected chi connectivity index (χ3v) is 2.86. The minimum Gasteiger partial charge on any atom is -0.392 e. The fourth-order valence-corrected chi connectivity index (χ4v) is 1.48. The molecule has 2 heteroatoms. The topological polar surface area (TPSA) is 37.3 Å². The van der Waals surface area contributed by atoms with E-state index in [1.165, 1.54) is 12.8 Å². The van der Waals surface area contributed by atoms with Gasteiger partial charge in [0.15, 0.2) is 0 Å². The standard InChI is InChI=1S/C11H22O2/c1-4-5-6-9(2)10(3)11(13)7-8-12/h8-11,13H,4-7H2,1-3H3. The Hall–Kier alpha value is -0.370. The second-order valence-electron chi connectivity index (χ2n) is 3.95. The van der Waals surface area contributed by atoms with Gasteiger partial charge in [-0.05, 0) is 11.8 Å². The number of aliphatic hydroxyl groups is 1. The summed E-state index contributed by atoms with van der Waals surface area (Å²) in [6, 6.07) is 0. The lowest BCUT2D eigenvalue weighted by Crippen LogP contribution is -2.24. The Morgan fingerprint density at radius 3 is 2.46 bits per heavy atom. The predicted molar refractivity (Wildman–Crippen MR) is 54.5 cm³/mol. The van der Waals surface area contributed by atoms with Crippen LogP contribution in [0.5, 0.6) is 0 Å². The molecule has 1 N–H and O–H groups in total. The van der Waals surface area contributed by atoms with E-state index in [1.807, 2.05) is 6.92 Å². The molecule has 0 heterocycles. The van der Waals surface area contributed by atoms with Crippen LogP contribution in [0.25, 0.3) is 0 Å². The van der Waals surface area contributed by atoms with E-state index in [1.54, 1.807) is 0 Å². The molecular weight excluding hydrogens is 164 g/mol. The normalized spacial score (nSPS) is 17.8. The minimum atomic E-state index is -0.454. The molecule has 0 fully saturated rings. The molecule has 0 aliphatic heterocycles. The van der Waals surface area contributed by atoms with Gasteiger partial charge in [0.25, 0.3) is 0 Å². The summed E-state index contributed by atoms with van der Waals surface area (Å²) in [7, 11) is 0. The summed E-state index contributed by atoms with van der Waals surface area (Å²) in [5, 5.41) is 9.56. The van der Waals surface area contributed by atoms with Crippen molar-refractivity contribution in [1.29, 1.82) is 0 Å². The van der Waals surface area contributed by atoms with Crippen LogP contribution < -0.4 is 0 Å². The molecule has 2 nitrogen and oxygen atoms in total. The second kappa shape index (κ2) is 7.07. The van der Waals surface area contributed by atoms with Crippen molar-refractivity contribution in [3.63, 3.8) is 0 Å². The van der Waals surface area contributed by atoms with Gasteiger partial charge in [0, 0.05) is 6.42 Å². The van der Waals surface area contributed by atoms with E-state index in [2.05, 4.69) is 13.8 Å². The van der Waals surface area contributed by atoms with E-state index in [9.17, 15) is 9.90 Å². The van der Waals surface area contributed by atoms with E-state index < -0.39 is 6.10 Å². The highest BCUT2D eigenvalue weighted by atomic mass is 16.3. The summed E-state index contributed by atoms with van der Waals surface area (Å²) in [5.74, 6) is 0.742. The van der Waals surface area contributed by atoms with Crippen LogP contribution in [0.2, 0.25) is 0 Å². The van der Waals surface area contributed by atoms with Crippen LogP contribution in [0, 0.1) is 11.8 Å². The largest absolute Gasteiger partial charge is 0.392 e. The van der Waals surface area contributed by atoms with Crippen LogP contribution in [0.4, 0.5) is 0 Å². The average molecular weight is 186 g/mol. The molecule has 0 aromatic carbocycles. The lowest BCUT2D eigenvalue weighted by molar-refractivity contribution is -0.110. The molecule has 0 aromatic rings. The second-order valence-corrected chi connectivity index (χ2v) is 3.95. The molecule has 0 saturated heterocycles. The summed E-state index contributed by atoms with van der Waals surface area (Å²) in [6.45, 7) is 6.34. The summed E-state index contributed by atoms with van der Waals surface area (Å²) >= 11 is 0. The van der Waals surface area contributed by atoms with Crippen molar-refractivity contribution >= 4 is 6.29 Å². The number of hydrogen-bond donors (Lipinski definition) is 1. The zero-order valence-electron chi connectivity index (χ0n) is 8.99. The van der Waals surface area contributed by atoms with Crippen LogP contribution in [0.15, 0.2) is 0 Å². The molecular formula is C11H22O2. The Morgan fingerprint density at radius 1 is 1.38 bits per heavy atom. The van der Waals surface area contributed by atoms with Gasteiger partial charge in [-0.3, -0.25) is 0 Å². The Kier molecular flexibility index (Phi) is 6.87. The third kappa shape index (κ3) is 5.04. The molecule has 13 heavy (non-hydrogen) atoms. The van der Waals surface area contributed by atoms with Gasteiger partial charge in [0.2, 0.25) is 0 Å². The maximum absolute atomic E-state index is 10.2. The average Bonchev–Trinajstić information content (AvgIpc) is 2.13. The first-order chi connectivity index (χ1) is 6.13. The number of aldehydes is 1. The lowest BCUT2D eigenvalue weighted by atomic mass is 9.86. The summed E-state index contributed by atoms with van der Waals surface area (Å²) < 4.78 is 0. The van der Waals surface area contributed by atoms with Gasteiger partial charge in [-0.25, -0.2) is 0 Å². The predicted octanol–water partition coefficient (Wildman–Crippen LogP) is 2.40. The van der Waals surface area contributed by atoms with Crippen LogP contribution >= 0.6 is 0 Å². The van der Waals surface area contributed by atoms with E-state index >= 15 is 0 Å². The van der Waals surface area contributed by atoms with Crippen LogP contribution in [-0.4, -0.2) is 17.5 Å². The van der Waals surface area contributed by atoms with Gasteiger partial charge in [0.05, 0.1) is 6.10 Å². The Morgan fingerprint density at radius 2 is 2.00 bits per heavy atom. The highest BCUT2D eigenvalue weighted by Crippen LogP contribution is 2.21. The van der Waals surface area contributed by atoms with Crippen LogP contribution in [0.3, 0.4) is 0 Å².